The lowest BCUT2D eigenvalue weighted by atomic mass is 10.1. The third-order valence-electron chi connectivity index (χ3n) is 4.63. The third kappa shape index (κ3) is 2.76. The Bertz CT molecular complexity index is 889. The second-order valence-corrected chi connectivity index (χ2v) is 6.28. The second-order valence-electron chi connectivity index (χ2n) is 6.28. The molecule has 1 aliphatic heterocycles. The first-order valence-electron chi connectivity index (χ1n) is 8.44. The zero-order valence-corrected chi connectivity index (χ0v) is 14.4. The molecule has 8 heteroatoms. The fourth-order valence-electron chi connectivity index (χ4n) is 3.40. The van der Waals surface area contributed by atoms with Crippen LogP contribution in [0, 0.1) is 0 Å². The Morgan fingerprint density at radius 1 is 1.36 bits per heavy atom. The molecule has 1 aliphatic rings. The first-order valence-corrected chi connectivity index (χ1v) is 8.44. The van der Waals surface area contributed by atoms with Crippen molar-refractivity contribution in [2.45, 2.75) is 19.5 Å². The summed E-state index contributed by atoms with van der Waals surface area (Å²) in [6, 6.07) is 4.21. The average Bonchev–Trinajstić information content (AvgIpc) is 3.22. The van der Waals surface area contributed by atoms with Gasteiger partial charge in [0.15, 0.2) is 0 Å². The highest BCUT2D eigenvalue weighted by Crippen LogP contribution is 2.32. The predicted octanol–water partition coefficient (Wildman–Crippen LogP) is 2.03. The SMILES string of the molecule is C[C@@H]1COCCN1c1cc(-c2ccnn2CCF)c2c(cnn2C)n1. The summed E-state index contributed by atoms with van der Waals surface area (Å²) in [5.41, 5.74) is 3.58. The molecule has 0 unspecified atom stereocenters. The topological polar surface area (TPSA) is 61.0 Å². The van der Waals surface area contributed by atoms with Crippen LogP contribution in [-0.2, 0) is 18.3 Å². The number of hydrogen-bond acceptors (Lipinski definition) is 5. The van der Waals surface area contributed by atoms with Gasteiger partial charge in [0.05, 0.1) is 43.2 Å². The van der Waals surface area contributed by atoms with E-state index in [0.29, 0.717) is 13.2 Å². The molecule has 0 N–H and O–H groups in total. The van der Waals surface area contributed by atoms with Gasteiger partial charge in [0.25, 0.3) is 0 Å². The number of aromatic nitrogens is 5. The van der Waals surface area contributed by atoms with Crippen LogP contribution in [0.1, 0.15) is 6.92 Å². The van der Waals surface area contributed by atoms with E-state index in [9.17, 15) is 4.39 Å². The molecule has 4 heterocycles. The Balaban J connectivity index is 1.89. The van der Waals surface area contributed by atoms with Gasteiger partial charge in [-0.1, -0.05) is 0 Å². The maximum Gasteiger partial charge on any atom is 0.130 e. The summed E-state index contributed by atoms with van der Waals surface area (Å²) in [7, 11) is 1.89. The molecule has 0 amide bonds. The first-order chi connectivity index (χ1) is 12.2. The van der Waals surface area contributed by atoms with Gasteiger partial charge >= 0.3 is 0 Å². The van der Waals surface area contributed by atoms with Crippen molar-refractivity contribution in [3.8, 4) is 11.3 Å². The lowest BCUT2D eigenvalue weighted by Crippen LogP contribution is -2.44. The second kappa shape index (κ2) is 6.44. The van der Waals surface area contributed by atoms with Gasteiger partial charge in [-0.05, 0) is 19.1 Å². The first kappa shape index (κ1) is 16.0. The molecule has 25 heavy (non-hydrogen) atoms. The number of ether oxygens (including phenoxy) is 1. The van der Waals surface area contributed by atoms with Crippen LogP contribution in [0.4, 0.5) is 10.2 Å². The van der Waals surface area contributed by atoms with Crippen molar-refractivity contribution in [1.29, 1.82) is 0 Å². The molecule has 3 aromatic rings. The van der Waals surface area contributed by atoms with Gasteiger partial charge in [-0.2, -0.15) is 10.2 Å². The zero-order chi connectivity index (χ0) is 17.4. The van der Waals surface area contributed by atoms with E-state index in [1.807, 2.05) is 13.1 Å². The summed E-state index contributed by atoms with van der Waals surface area (Å²) in [6.45, 7) is 4.06. The molecular weight excluding hydrogens is 323 g/mol. The highest BCUT2D eigenvalue weighted by molar-refractivity contribution is 5.92. The smallest absolute Gasteiger partial charge is 0.130 e. The number of rotatable bonds is 4. The van der Waals surface area contributed by atoms with Gasteiger partial charge < -0.3 is 9.64 Å². The van der Waals surface area contributed by atoms with Gasteiger partial charge in [0, 0.05) is 25.4 Å². The molecule has 3 aromatic heterocycles. The number of nitrogens with zero attached hydrogens (tertiary/aromatic N) is 6. The normalized spacial score (nSPS) is 18.2. The Morgan fingerprint density at radius 2 is 2.24 bits per heavy atom. The Labute approximate surface area is 145 Å². The Hall–Kier alpha value is -2.48. The van der Waals surface area contributed by atoms with Crippen molar-refractivity contribution in [2.75, 3.05) is 31.3 Å². The standard InChI is InChI=1S/C17H21FN6O/c1-12-11-25-8-7-23(12)16-9-13(15-3-5-19-24(15)6-4-18)17-14(21-16)10-20-22(17)2/h3,5,9-10,12H,4,6-8,11H2,1-2H3/t12-/m1/s1. The van der Waals surface area contributed by atoms with Gasteiger partial charge in [-0.3, -0.25) is 9.36 Å². The third-order valence-corrected chi connectivity index (χ3v) is 4.63. The molecular formula is C17H21FN6O. The van der Waals surface area contributed by atoms with E-state index >= 15 is 0 Å². The summed E-state index contributed by atoms with van der Waals surface area (Å²) in [5, 5.41) is 8.61. The van der Waals surface area contributed by atoms with Crippen molar-refractivity contribution < 1.29 is 9.13 Å². The quantitative estimate of drug-likeness (QED) is 0.725. The molecule has 132 valence electrons. The number of alkyl halides is 1. The van der Waals surface area contributed by atoms with Crippen LogP contribution in [0.5, 0.6) is 0 Å². The lowest BCUT2D eigenvalue weighted by Gasteiger charge is -2.34. The lowest BCUT2D eigenvalue weighted by molar-refractivity contribution is 0.0986. The molecule has 0 radical (unpaired) electrons. The van der Waals surface area contributed by atoms with E-state index < -0.39 is 6.67 Å². The van der Waals surface area contributed by atoms with Crippen molar-refractivity contribution in [3.63, 3.8) is 0 Å². The van der Waals surface area contributed by atoms with E-state index in [0.717, 1.165) is 34.7 Å². The van der Waals surface area contributed by atoms with Crippen LogP contribution in [0.3, 0.4) is 0 Å². The summed E-state index contributed by atoms with van der Waals surface area (Å²) in [5.74, 6) is 0.888. The van der Waals surface area contributed by atoms with Crippen LogP contribution in [0.15, 0.2) is 24.5 Å². The average molecular weight is 344 g/mol. The molecule has 1 fully saturated rings. The number of hydrogen-bond donors (Lipinski definition) is 0. The summed E-state index contributed by atoms with van der Waals surface area (Å²) < 4.78 is 21.9. The fourth-order valence-corrected chi connectivity index (χ4v) is 3.40. The van der Waals surface area contributed by atoms with Gasteiger partial charge in [0.1, 0.15) is 18.0 Å². The summed E-state index contributed by atoms with van der Waals surface area (Å²) >= 11 is 0. The zero-order valence-electron chi connectivity index (χ0n) is 14.4. The van der Waals surface area contributed by atoms with E-state index in [1.54, 1.807) is 21.8 Å². The largest absolute Gasteiger partial charge is 0.377 e. The number of morpholine rings is 1. The maximum atomic E-state index is 12.9. The molecule has 4 rings (SSSR count). The van der Waals surface area contributed by atoms with Gasteiger partial charge in [-0.15, -0.1) is 0 Å². The molecule has 7 nitrogen and oxygen atoms in total. The van der Waals surface area contributed by atoms with Gasteiger partial charge in [-0.25, -0.2) is 9.37 Å². The highest BCUT2D eigenvalue weighted by atomic mass is 19.1. The van der Waals surface area contributed by atoms with Crippen LogP contribution in [0.2, 0.25) is 0 Å². The number of aryl methyl sites for hydroxylation is 2. The predicted molar refractivity (Wildman–Crippen MR) is 93.3 cm³/mol. The maximum absolute atomic E-state index is 12.9. The highest BCUT2D eigenvalue weighted by Gasteiger charge is 2.23. The van der Waals surface area contributed by atoms with E-state index in [2.05, 4.69) is 28.1 Å². The molecule has 0 aliphatic carbocycles. The van der Waals surface area contributed by atoms with Crippen molar-refractivity contribution in [3.05, 3.63) is 24.5 Å². The van der Waals surface area contributed by atoms with Gasteiger partial charge in [0.2, 0.25) is 0 Å². The van der Waals surface area contributed by atoms with Crippen molar-refractivity contribution >= 4 is 16.9 Å². The number of halogens is 1. The molecule has 0 saturated carbocycles. The number of anilines is 1. The van der Waals surface area contributed by atoms with Crippen LogP contribution in [0.25, 0.3) is 22.3 Å². The fraction of sp³-hybridized carbons (Fsp3) is 0.471. The van der Waals surface area contributed by atoms with Crippen molar-refractivity contribution in [1.82, 2.24) is 24.5 Å². The van der Waals surface area contributed by atoms with Crippen LogP contribution >= 0.6 is 0 Å². The summed E-state index contributed by atoms with van der Waals surface area (Å²) in [6.07, 6.45) is 3.47. The van der Waals surface area contributed by atoms with E-state index in [1.165, 1.54) is 0 Å². The Kier molecular flexibility index (Phi) is 4.12. The Morgan fingerprint density at radius 3 is 3.04 bits per heavy atom. The molecule has 0 bridgehead atoms. The molecule has 0 spiro atoms. The minimum absolute atomic E-state index is 0.229. The minimum Gasteiger partial charge on any atom is -0.377 e. The number of pyridine rings is 1. The van der Waals surface area contributed by atoms with E-state index in [4.69, 9.17) is 9.72 Å². The molecule has 1 saturated heterocycles. The van der Waals surface area contributed by atoms with E-state index in [-0.39, 0.29) is 12.6 Å². The van der Waals surface area contributed by atoms with Crippen molar-refractivity contribution in [2.24, 2.45) is 7.05 Å². The molecule has 0 aromatic carbocycles. The molecule has 1 atom stereocenters. The van der Waals surface area contributed by atoms with Crippen LogP contribution < -0.4 is 4.90 Å². The monoisotopic (exact) mass is 344 g/mol. The number of fused-ring (bicyclic) bond motifs is 1. The van der Waals surface area contributed by atoms with Crippen LogP contribution in [-0.4, -0.2) is 57.0 Å². The summed E-state index contributed by atoms with van der Waals surface area (Å²) in [4.78, 5) is 7.04. The minimum atomic E-state index is -0.457.